The third-order valence-corrected chi connectivity index (χ3v) is 51.5. The molecular formula is C27H66N2Si5. The first-order valence-electron chi connectivity index (χ1n) is 13.5. The second-order valence-electron chi connectivity index (χ2n) is 17.2. The zero-order valence-electron chi connectivity index (χ0n) is 27.7. The third kappa shape index (κ3) is 5.75. The molecule has 0 heterocycles. The monoisotopic (exact) mass is 558 g/mol. The summed E-state index contributed by atoms with van der Waals surface area (Å²) in [5.74, 6) is 0. The molecule has 0 radical (unpaired) electrons. The maximum atomic E-state index is 4.72. The highest BCUT2D eigenvalue weighted by molar-refractivity contribution is 7.15. The van der Waals surface area contributed by atoms with E-state index in [1.165, 1.54) is 0 Å². The summed E-state index contributed by atoms with van der Waals surface area (Å²) in [7, 11) is -9.83. The fourth-order valence-corrected chi connectivity index (χ4v) is 49.4. The van der Waals surface area contributed by atoms with Crippen LogP contribution in [0, 0.1) is 0 Å². The molecule has 0 aromatic carbocycles. The Morgan fingerprint density at radius 1 is 0.412 bits per heavy atom. The molecule has 0 aromatic heterocycles. The van der Waals surface area contributed by atoms with Gasteiger partial charge in [-0.1, -0.05) is 141 Å². The second kappa shape index (κ2) is 9.49. The van der Waals surface area contributed by atoms with Crippen molar-refractivity contribution in [2.45, 2.75) is 162 Å². The lowest BCUT2D eigenvalue weighted by molar-refractivity contribution is 0.573. The molecule has 0 atom stereocenters. The van der Waals surface area contributed by atoms with Gasteiger partial charge in [0.1, 0.15) is 32.9 Å². The number of hydrogen-bond donors (Lipinski definition) is 0. The predicted molar refractivity (Wildman–Crippen MR) is 174 cm³/mol. The predicted octanol–water partition coefficient (Wildman–Crippen LogP) is 10.4. The highest BCUT2D eigenvalue weighted by Crippen LogP contribution is 2.55. The van der Waals surface area contributed by atoms with E-state index in [0.717, 1.165) is 0 Å². The molecule has 0 aliphatic rings. The smallest absolute Gasteiger partial charge is 0.202 e. The first kappa shape index (κ1) is 34.7. The summed E-state index contributed by atoms with van der Waals surface area (Å²) in [4.78, 5) is 0. The van der Waals surface area contributed by atoms with E-state index in [9.17, 15) is 0 Å². The van der Waals surface area contributed by atoms with Gasteiger partial charge in [0.25, 0.3) is 0 Å². The average molecular weight is 559 g/mol. The minimum atomic E-state index is -2.29. The quantitative estimate of drug-likeness (QED) is 0.287. The second-order valence-corrected chi connectivity index (χ2v) is 43.6. The van der Waals surface area contributed by atoms with E-state index in [1.807, 2.05) is 0 Å². The fraction of sp³-hybridized carbons (Fsp3) is 0.926. The summed E-state index contributed by atoms with van der Waals surface area (Å²) in [5, 5.41) is 1.14. The first-order chi connectivity index (χ1) is 14.3. The van der Waals surface area contributed by atoms with Crippen LogP contribution < -0.4 is 0 Å². The molecule has 0 N–H and O–H groups in total. The Balaban J connectivity index is 8.04. The van der Waals surface area contributed by atoms with Gasteiger partial charge >= 0.3 is 0 Å². The van der Waals surface area contributed by atoms with Crippen LogP contribution in [0.1, 0.15) is 83.1 Å². The van der Waals surface area contributed by atoms with Crippen LogP contribution in [-0.2, 0) is 0 Å². The van der Waals surface area contributed by atoms with Crippen molar-refractivity contribution in [2.24, 2.45) is 0 Å². The molecule has 204 valence electrons. The van der Waals surface area contributed by atoms with E-state index < -0.39 is 41.3 Å². The normalized spacial score (nSPS) is 16.4. The van der Waals surface area contributed by atoms with Gasteiger partial charge < -0.3 is 7.79 Å². The van der Waals surface area contributed by atoms with Crippen LogP contribution in [0.3, 0.4) is 0 Å². The molecular weight excluding hydrogens is 493 g/mol. The van der Waals surface area contributed by atoms with Gasteiger partial charge in [0.15, 0.2) is 0 Å². The Morgan fingerprint density at radius 3 is 0.647 bits per heavy atom. The number of nitrogens with zero attached hydrogens (tertiary/aromatic N) is 2. The molecule has 7 heteroatoms. The molecule has 0 saturated heterocycles. The first-order valence-corrected chi connectivity index (χ1v) is 27.8. The lowest BCUT2D eigenvalue weighted by Crippen LogP contribution is -2.87. The van der Waals surface area contributed by atoms with Crippen LogP contribution >= 0.6 is 0 Å². The Bertz CT molecular complexity index is 618. The van der Waals surface area contributed by atoms with Crippen molar-refractivity contribution in [1.29, 1.82) is 0 Å². The molecule has 0 amide bonds. The van der Waals surface area contributed by atoms with E-state index in [2.05, 4.69) is 156 Å². The van der Waals surface area contributed by atoms with Gasteiger partial charge in [-0.2, -0.15) is 0 Å². The van der Waals surface area contributed by atoms with Crippen molar-refractivity contribution in [1.82, 2.24) is 7.79 Å². The van der Waals surface area contributed by atoms with E-state index in [-0.39, 0.29) is 20.2 Å². The summed E-state index contributed by atoms with van der Waals surface area (Å²) in [6.07, 6.45) is 0. The van der Waals surface area contributed by atoms with Crippen LogP contribution in [0.4, 0.5) is 0 Å². The van der Waals surface area contributed by atoms with Crippen LogP contribution in [-0.4, -0.2) is 49.1 Å². The van der Waals surface area contributed by atoms with Crippen molar-refractivity contribution in [3.8, 4) is 0 Å². The maximum Gasteiger partial charge on any atom is 0.202 e. The third-order valence-electron chi connectivity index (χ3n) is 10.9. The lowest BCUT2D eigenvalue weighted by Gasteiger charge is -2.70. The van der Waals surface area contributed by atoms with E-state index in [0.29, 0.717) is 0 Å². The lowest BCUT2D eigenvalue weighted by atomic mass is 10.2. The molecule has 0 aromatic rings. The van der Waals surface area contributed by atoms with Gasteiger partial charge in [0, 0.05) is 0 Å². The molecule has 0 saturated carbocycles. The highest BCUT2D eigenvalue weighted by atomic mass is 28.5. The van der Waals surface area contributed by atoms with Crippen LogP contribution in [0.15, 0.2) is 12.3 Å². The van der Waals surface area contributed by atoms with Gasteiger partial charge in [-0.3, -0.25) is 0 Å². The van der Waals surface area contributed by atoms with Crippen molar-refractivity contribution < 1.29 is 0 Å². The average Bonchev–Trinajstić information content (AvgIpc) is 2.49. The number of rotatable bonds is 7. The molecule has 0 bridgehead atoms. The molecule has 2 nitrogen and oxygen atoms in total. The van der Waals surface area contributed by atoms with Crippen LogP contribution in [0.25, 0.3) is 0 Å². The Kier molecular flexibility index (Phi) is 9.70. The van der Waals surface area contributed by atoms with E-state index >= 15 is 0 Å². The Hall–Kier alpha value is 0.744. The highest BCUT2D eigenvalue weighted by Gasteiger charge is 2.65. The molecule has 0 rings (SSSR count). The van der Waals surface area contributed by atoms with Crippen molar-refractivity contribution in [2.75, 3.05) is 0 Å². The molecule has 0 aliphatic heterocycles. The largest absolute Gasteiger partial charge is 0.353 e. The van der Waals surface area contributed by atoms with Crippen molar-refractivity contribution in [3.63, 3.8) is 0 Å². The van der Waals surface area contributed by atoms with Crippen LogP contribution in [0.2, 0.25) is 79.1 Å². The van der Waals surface area contributed by atoms with Gasteiger partial charge in [-0.15, -0.1) is 6.58 Å². The van der Waals surface area contributed by atoms with Crippen molar-refractivity contribution >= 4 is 41.3 Å². The summed E-state index contributed by atoms with van der Waals surface area (Å²) in [5.41, 5.74) is 2.52. The van der Waals surface area contributed by atoms with Gasteiger partial charge in [-0.25, -0.2) is 0 Å². The van der Waals surface area contributed by atoms with E-state index in [1.54, 1.807) is 0 Å². The zero-order valence-corrected chi connectivity index (χ0v) is 32.7. The summed E-state index contributed by atoms with van der Waals surface area (Å²) < 4.78 is 6.61. The van der Waals surface area contributed by atoms with Gasteiger partial charge in [0.2, 0.25) is 8.40 Å². The fourth-order valence-electron chi connectivity index (χ4n) is 5.29. The molecule has 0 spiro atoms. The maximum absolute atomic E-state index is 4.72. The Morgan fingerprint density at radius 2 is 0.559 bits per heavy atom. The zero-order chi connectivity index (χ0) is 28.4. The molecule has 0 unspecified atom stereocenters. The Labute approximate surface area is 222 Å². The topological polar surface area (TPSA) is 6.48 Å². The summed E-state index contributed by atoms with van der Waals surface area (Å²) in [6.45, 7) is 59.0. The standard InChI is InChI=1S/C27H66N2Si5/c1-23-34(22,28(30(14,15)24(2,3)4)31(16,17)25(5,6)7)29(32(18,19)26(8,9)10)33(20,21)27(11,12)13/h23H,1H2,2-22H3. The molecule has 34 heavy (non-hydrogen) atoms. The minimum Gasteiger partial charge on any atom is -0.353 e. The van der Waals surface area contributed by atoms with Gasteiger partial charge in [0.05, 0.1) is 0 Å². The van der Waals surface area contributed by atoms with E-state index in [4.69, 9.17) is 6.58 Å². The molecule has 0 fully saturated rings. The van der Waals surface area contributed by atoms with Crippen LogP contribution in [0.5, 0.6) is 0 Å². The van der Waals surface area contributed by atoms with Gasteiger partial charge in [-0.05, 0) is 26.7 Å². The summed E-state index contributed by atoms with van der Waals surface area (Å²) in [6, 6.07) is 0. The summed E-state index contributed by atoms with van der Waals surface area (Å²) >= 11 is 0. The number of hydrogen-bond acceptors (Lipinski definition) is 2. The minimum absolute atomic E-state index is 0.284. The molecule has 0 aliphatic carbocycles. The van der Waals surface area contributed by atoms with Crippen molar-refractivity contribution in [3.05, 3.63) is 12.3 Å². The SMILES string of the molecule is C=C[Si](C)(N([Si](C)(C)C(C)(C)C)[Si](C)(C)C(C)(C)C)N([Si](C)(C)C(C)(C)C)[Si](C)(C)C(C)(C)C.